The Morgan fingerprint density at radius 1 is 1.35 bits per heavy atom. The molecule has 0 spiro atoms. The third-order valence-electron chi connectivity index (χ3n) is 3.10. The molecule has 1 heterocycles. The molecule has 2 rings (SSSR count). The Kier molecular flexibility index (Phi) is 4.30. The van der Waals surface area contributed by atoms with Gasteiger partial charge in [0.25, 0.3) is 0 Å². The van der Waals surface area contributed by atoms with Crippen LogP contribution >= 0.6 is 11.3 Å². The summed E-state index contributed by atoms with van der Waals surface area (Å²) in [7, 11) is -1.15. The Morgan fingerprint density at radius 3 is 2.65 bits per heavy atom. The van der Waals surface area contributed by atoms with Crippen LogP contribution in [0.5, 0.6) is 0 Å². The quantitative estimate of drug-likeness (QED) is 0.881. The first-order valence-corrected chi connectivity index (χ1v) is 8.67. The molecule has 0 bridgehead atoms. The molecule has 3 nitrogen and oxygen atoms in total. The second kappa shape index (κ2) is 5.66. The van der Waals surface area contributed by atoms with Gasteiger partial charge in [0.15, 0.2) is 0 Å². The zero-order chi connectivity index (χ0) is 14.9. The molecule has 5 heteroatoms. The lowest BCUT2D eigenvalue weighted by molar-refractivity contribution is 0.571. The third kappa shape index (κ3) is 3.27. The van der Waals surface area contributed by atoms with Crippen LogP contribution in [0.15, 0.2) is 28.5 Å². The van der Waals surface area contributed by atoms with Crippen LogP contribution in [0, 0.1) is 6.92 Å². The second-order valence-electron chi connectivity index (χ2n) is 5.85. The normalized spacial score (nSPS) is 13.4. The van der Waals surface area contributed by atoms with Crippen molar-refractivity contribution in [1.82, 2.24) is 4.98 Å². The molecule has 0 saturated heterocycles. The van der Waals surface area contributed by atoms with E-state index in [1.807, 2.05) is 30.5 Å². The smallest absolute Gasteiger partial charge is 0.106 e. The molecule has 1 aromatic carbocycles. The van der Waals surface area contributed by atoms with Gasteiger partial charge in [-0.1, -0.05) is 32.9 Å². The largest absolute Gasteiger partial charge is 0.398 e. The number of para-hydroxylation sites is 1. The van der Waals surface area contributed by atoms with E-state index in [1.54, 1.807) is 11.3 Å². The number of nitrogen functional groups attached to an aromatic ring is 1. The van der Waals surface area contributed by atoms with Gasteiger partial charge in [-0.2, -0.15) is 0 Å². The zero-order valence-electron chi connectivity index (χ0n) is 12.3. The van der Waals surface area contributed by atoms with Crippen LogP contribution in [-0.2, 0) is 22.0 Å². The number of aromatic nitrogens is 1. The van der Waals surface area contributed by atoms with E-state index in [9.17, 15) is 4.21 Å². The minimum atomic E-state index is -1.15. The number of nitrogens with zero attached hydrogens (tertiary/aromatic N) is 1. The third-order valence-corrected chi connectivity index (χ3v) is 5.52. The predicted octanol–water partition coefficient (Wildman–Crippen LogP) is 3.64. The summed E-state index contributed by atoms with van der Waals surface area (Å²) in [6.45, 7) is 8.31. The van der Waals surface area contributed by atoms with E-state index in [4.69, 9.17) is 5.73 Å². The fourth-order valence-electron chi connectivity index (χ4n) is 1.76. The topological polar surface area (TPSA) is 56.0 Å². The molecule has 2 aromatic rings. The van der Waals surface area contributed by atoms with Crippen molar-refractivity contribution < 1.29 is 4.21 Å². The van der Waals surface area contributed by atoms with Crippen LogP contribution in [0.3, 0.4) is 0 Å². The summed E-state index contributed by atoms with van der Waals surface area (Å²) >= 11 is 1.56. The van der Waals surface area contributed by atoms with Gasteiger partial charge in [-0.3, -0.25) is 4.21 Å². The van der Waals surface area contributed by atoms with Gasteiger partial charge in [0, 0.05) is 10.8 Å². The van der Waals surface area contributed by atoms with E-state index in [-0.39, 0.29) is 5.41 Å². The summed E-state index contributed by atoms with van der Waals surface area (Å²) in [5.74, 6) is 0.425. The Balaban J connectivity index is 2.20. The number of hydrogen-bond acceptors (Lipinski definition) is 4. The maximum atomic E-state index is 12.4. The standard InChI is InChI=1S/C15H20N2OS2/c1-10-6-5-7-11(14(10)16)20(18)9-13-17-12(8-19-13)15(2,3)4/h5-8H,9,16H2,1-4H3. The number of anilines is 1. The molecule has 2 N–H and O–H groups in total. The van der Waals surface area contributed by atoms with Crippen molar-refractivity contribution in [3.63, 3.8) is 0 Å². The Bertz CT molecular complexity index is 642. The lowest BCUT2D eigenvalue weighted by Gasteiger charge is -2.14. The molecule has 0 radical (unpaired) electrons. The molecule has 0 fully saturated rings. The molecule has 20 heavy (non-hydrogen) atoms. The summed E-state index contributed by atoms with van der Waals surface area (Å²) in [5, 5.41) is 2.95. The lowest BCUT2D eigenvalue weighted by atomic mass is 9.93. The summed E-state index contributed by atoms with van der Waals surface area (Å²) in [4.78, 5) is 5.29. The number of thiazole rings is 1. The Labute approximate surface area is 126 Å². The van der Waals surface area contributed by atoms with Crippen LogP contribution in [-0.4, -0.2) is 9.19 Å². The van der Waals surface area contributed by atoms with Crippen molar-refractivity contribution in [3.05, 3.63) is 39.8 Å². The van der Waals surface area contributed by atoms with E-state index in [2.05, 4.69) is 25.8 Å². The van der Waals surface area contributed by atoms with E-state index in [1.165, 1.54) is 0 Å². The van der Waals surface area contributed by atoms with E-state index in [0.29, 0.717) is 16.3 Å². The van der Waals surface area contributed by atoms with Crippen LogP contribution in [0.4, 0.5) is 5.69 Å². The number of aryl methyl sites for hydroxylation is 1. The molecule has 0 aliphatic rings. The summed E-state index contributed by atoms with van der Waals surface area (Å²) in [6, 6.07) is 5.65. The van der Waals surface area contributed by atoms with Gasteiger partial charge in [0.05, 0.1) is 32.8 Å². The average Bonchev–Trinajstić information content (AvgIpc) is 2.81. The SMILES string of the molecule is Cc1cccc(S(=O)Cc2nc(C(C)(C)C)cs2)c1N. The predicted molar refractivity (Wildman–Crippen MR) is 86.5 cm³/mol. The summed E-state index contributed by atoms with van der Waals surface area (Å²) < 4.78 is 12.4. The first-order chi connectivity index (χ1) is 9.29. The van der Waals surface area contributed by atoms with Crippen LogP contribution in [0.1, 0.15) is 37.0 Å². The number of benzene rings is 1. The molecule has 108 valence electrons. The Morgan fingerprint density at radius 2 is 2.05 bits per heavy atom. The zero-order valence-corrected chi connectivity index (χ0v) is 13.9. The second-order valence-corrected chi connectivity index (χ2v) is 8.22. The van der Waals surface area contributed by atoms with Gasteiger partial charge in [0.1, 0.15) is 5.01 Å². The van der Waals surface area contributed by atoms with Crippen molar-refractivity contribution in [2.75, 3.05) is 5.73 Å². The summed E-state index contributed by atoms with van der Waals surface area (Å²) in [5.41, 5.74) is 8.66. The molecule has 1 unspecified atom stereocenters. The van der Waals surface area contributed by atoms with E-state index in [0.717, 1.165) is 16.3 Å². The average molecular weight is 308 g/mol. The van der Waals surface area contributed by atoms with Crippen LogP contribution in [0.2, 0.25) is 0 Å². The summed E-state index contributed by atoms with van der Waals surface area (Å²) in [6.07, 6.45) is 0. The highest BCUT2D eigenvalue weighted by Gasteiger charge is 2.19. The first-order valence-electron chi connectivity index (χ1n) is 6.47. The van der Waals surface area contributed by atoms with Crippen molar-refractivity contribution >= 4 is 27.8 Å². The molecular weight excluding hydrogens is 288 g/mol. The monoisotopic (exact) mass is 308 g/mol. The first kappa shape index (κ1) is 15.2. The van der Waals surface area contributed by atoms with Crippen molar-refractivity contribution in [2.24, 2.45) is 0 Å². The number of hydrogen-bond donors (Lipinski definition) is 1. The highest BCUT2D eigenvalue weighted by atomic mass is 32.2. The van der Waals surface area contributed by atoms with Gasteiger partial charge in [-0.05, 0) is 18.6 Å². The minimum absolute atomic E-state index is 0.0264. The fraction of sp³-hybridized carbons (Fsp3) is 0.400. The van der Waals surface area contributed by atoms with Gasteiger partial charge >= 0.3 is 0 Å². The maximum Gasteiger partial charge on any atom is 0.106 e. The van der Waals surface area contributed by atoms with Crippen molar-refractivity contribution in [2.45, 2.75) is 43.8 Å². The fourth-order valence-corrected chi connectivity index (χ4v) is 4.24. The van der Waals surface area contributed by atoms with Gasteiger partial charge in [-0.25, -0.2) is 4.98 Å². The molecule has 0 saturated carbocycles. The molecule has 0 amide bonds. The van der Waals surface area contributed by atoms with Gasteiger partial charge in [-0.15, -0.1) is 11.3 Å². The Hall–Kier alpha value is -1.20. The lowest BCUT2D eigenvalue weighted by Crippen LogP contribution is -2.11. The minimum Gasteiger partial charge on any atom is -0.398 e. The molecule has 1 aromatic heterocycles. The molecule has 1 atom stereocenters. The molecule has 0 aliphatic carbocycles. The molecule has 0 aliphatic heterocycles. The highest BCUT2D eigenvalue weighted by Crippen LogP contribution is 2.27. The van der Waals surface area contributed by atoms with Crippen LogP contribution < -0.4 is 5.73 Å². The van der Waals surface area contributed by atoms with E-state index >= 15 is 0 Å². The number of rotatable bonds is 3. The van der Waals surface area contributed by atoms with Gasteiger partial charge in [0.2, 0.25) is 0 Å². The van der Waals surface area contributed by atoms with E-state index < -0.39 is 10.8 Å². The number of nitrogens with two attached hydrogens (primary N) is 1. The van der Waals surface area contributed by atoms with Crippen molar-refractivity contribution in [1.29, 1.82) is 0 Å². The van der Waals surface area contributed by atoms with Gasteiger partial charge < -0.3 is 5.73 Å². The van der Waals surface area contributed by atoms with Crippen molar-refractivity contribution in [3.8, 4) is 0 Å². The highest BCUT2D eigenvalue weighted by molar-refractivity contribution is 7.84. The molecular formula is C15H20N2OS2. The maximum absolute atomic E-state index is 12.4. The van der Waals surface area contributed by atoms with Crippen LogP contribution in [0.25, 0.3) is 0 Å².